The number of H-pyrrole nitrogens is 1. The summed E-state index contributed by atoms with van der Waals surface area (Å²) in [6, 6.07) is 5.48. The minimum Gasteiger partial charge on any atom is -0.380 e. The van der Waals surface area contributed by atoms with Gasteiger partial charge in [0.15, 0.2) is 0 Å². The molecule has 0 bridgehead atoms. The van der Waals surface area contributed by atoms with E-state index in [2.05, 4.69) is 10.3 Å². The van der Waals surface area contributed by atoms with Crippen molar-refractivity contribution in [1.82, 2.24) is 10.3 Å². The first-order chi connectivity index (χ1) is 10.2. The first-order valence-electron chi connectivity index (χ1n) is 7.08. The van der Waals surface area contributed by atoms with Gasteiger partial charge in [-0.1, -0.05) is 19.4 Å². The summed E-state index contributed by atoms with van der Waals surface area (Å²) in [6.45, 7) is 3.06. The van der Waals surface area contributed by atoms with Gasteiger partial charge in [0.1, 0.15) is 5.56 Å². The van der Waals surface area contributed by atoms with Gasteiger partial charge in [-0.2, -0.15) is 0 Å². The molecule has 5 heteroatoms. The second kappa shape index (κ2) is 7.04. The number of rotatable bonds is 6. The van der Waals surface area contributed by atoms with E-state index in [0.717, 1.165) is 18.4 Å². The van der Waals surface area contributed by atoms with Crippen LogP contribution in [0.5, 0.6) is 0 Å². The number of pyridine rings is 1. The Morgan fingerprint density at radius 3 is 2.90 bits per heavy atom. The first-order valence-corrected chi connectivity index (χ1v) is 7.08. The van der Waals surface area contributed by atoms with Crippen LogP contribution in [0.4, 0.5) is 0 Å². The molecule has 0 unspecified atom stereocenters. The molecule has 0 aliphatic carbocycles. The molecular formula is C16H20N2O3. The van der Waals surface area contributed by atoms with E-state index in [-0.39, 0.29) is 16.9 Å². The van der Waals surface area contributed by atoms with Crippen molar-refractivity contribution in [3.05, 3.63) is 45.7 Å². The van der Waals surface area contributed by atoms with Gasteiger partial charge in [0.05, 0.1) is 6.61 Å². The van der Waals surface area contributed by atoms with E-state index in [1.165, 1.54) is 6.20 Å². The molecule has 1 amide bonds. The molecule has 0 radical (unpaired) electrons. The maximum atomic E-state index is 12.4. The van der Waals surface area contributed by atoms with Gasteiger partial charge in [-0.15, -0.1) is 0 Å². The minimum absolute atomic E-state index is 0.146. The third-order valence-electron chi connectivity index (χ3n) is 3.32. The number of ether oxygens (including phenoxy) is 1. The van der Waals surface area contributed by atoms with E-state index in [0.29, 0.717) is 24.1 Å². The fourth-order valence-electron chi connectivity index (χ4n) is 2.16. The third kappa shape index (κ3) is 3.49. The van der Waals surface area contributed by atoms with Crippen LogP contribution < -0.4 is 10.7 Å². The molecule has 1 aromatic carbocycles. The van der Waals surface area contributed by atoms with E-state index < -0.39 is 0 Å². The molecule has 0 saturated heterocycles. The highest BCUT2D eigenvalue weighted by atomic mass is 16.5. The molecule has 2 aromatic rings. The Labute approximate surface area is 123 Å². The van der Waals surface area contributed by atoms with Crippen LogP contribution in [0.25, 0.3) is 10.9 Å². The Morgan fingerprint density at radius 2 is 2.19 bits per heavy atom. The number of carbonyl (C=O) groups excluding carboxylic acids is 1. The van der Waals surface area contributed by atoms with Crippen molar-refractivity contribution in [2.45, 2.75) is 26.4 Å². The summed E-state index contributed by atoms with van der Waals surface area (Å²) >= 11 is 0. The van der Waals surface area contributed by atoms with Gasteiger partial charge in [0, 0.05) is 30.8 Å². The first kappa shape index (κ1) is 15.3. The molecule has 112 valence electrons. The SMILES string of the molecule is CCCCNC(=O)c1c[nH]c2ccc(COC)cc2c1=O. The van der Waals surface area contributed by atoms with Crippen molar-refractivity contribution in [2.75, 3.05) is 13.7 Å². The smallest absolute Gasteiger partial charge is 0.256 e. The summed E-state index contributed by atoms with van der Waals surface area (Å²) in [4.78, 5) is 27.5. The molecule has 0 fully saturated rings. The number of hydrogen-bond donors (Lipinski definition) is 2. The number of hydrogen-bond acceptors (Lipinski definition) is 3. The average Bonchev–Trinajstić information content (AvgIpc) is 2.48. The predicted octanol–water partition coefficient (Wildman–Crippen LogP) is 2.20. The molecule has 0 spiro atoms. The molecule has 21 heavy (non-hydrogen) atoms. The fraction of sp³-hybridized carbons (Fsp3) is 0.375. The van der Waals surface area contributed by atoms with Crippen LogP contribution in [0.1, 0.15) is 35.7 Å². The summed E-state index contributed by atoms with van der Waals surface area (Å²) in [6.07, 6.45) is 3.37. The molecule has 0 atom stereocenters. The largest absolute Gasteiger partial charge is 0.380 e. The lowest BCUT2D eigenvalue weighted by Gasteiger charge is -2.06. The Kier molecular flexibility index (Phi) is 5.11. The average molecular weight is 288 g/mol. The number of unbranched alkanes of at least 4 members (excludes halogenated alkanes) is 1. The van der Waals surface area contributed by atoms with Crippen LogP contribution in [0.2, 0.25) is 0 Å². The molecule has 1 heterocycles. The van der Waals surface area contributed by atoms with E-state index in [1.807, 2.05) is 19.1 Å². The van der Waals surface area contributed by atoms with Crippen molar-refractivity contribution in [3.8, 4) is 0 Å². The molecule has 2 rings (SSSR count). The van der Waals surface area contributed by atoms with Crippen molar-refractivity contribution in [1.29, 1.82) is 0 Å². The number of methoxy groups -OCH3 is 1. The normalized spacial score (nSPS) is 10.8. The van der Waals surface area contributed by atoms with Crippen molar-refractivity contribution >= 4 is 16.8 Å². The highest BCUT2D eigenvalue weighted by Gasteiger charge is 2.12. The maximum Gasteiger partial charge on any atom is 0.256 e. The van der Waals surface area contributed by atoms with Gasteiger partial charge < -0.3 is 15.0 Å². The van der Waals surface area contributed by atoms with E-state index in [4.69, 9.17) is 4.74 Å². The number of fused-ring (bicyclic) bond motifs is 1. The maximum absolute atomic E-state index is 12.4. The number of aromatic amines is 1. The molecule has 0 saturated carbocycles. The van der Waals surface area contributed by atoms with Crippen LogP contribution in [-0.2, 0) is 11.3 Å². The van der Waals surface area contributed by atoms with Crippen molar-refractivity contribution in [3.63, 3.8) is 0 Å². The molecular weight excluding hydrogens is 268 g/mol. The summed E-state index contributed by atoms with van der Waals surface area (Å²) in [5.41, 5.74) is 1.51. The monoisotopic (exact) mass is 288 g/mol. The van der Waals surface area contributed by atoms with Gasteiger partial charge in [0.25, 0.3) is 5.91 Å². The number of nitrogens with one attached hydrogen (secondary N) is 2. The van der Waals surface area contributed by atoms with Crippen molar-refractivity contribution < 1.29 is 9.53 Å². The van der Waals surface area contributed by atoms with Crippen LogP contribution in [0.15, 0.2) is 29.2 Å². The highest BCUT2D eigenvalue weighted by Crippen LogP contribution is 2.12. The summed E-state index contributed by atoms with van der Waals surface area (Å²) in [5.74, 6) is -0.330. The minimum atomic E-state index is -0.330. The Hall–Kier alpha value is -2.14. The number of carbonyl (C=O) groups is 1. The van der Waals surface area contributed by atoms with Crippen LogP contribution in [-0.4, -0.2) is 24.5 Å². The number of aromatic nitrogens is 1. The second-order valence-corrected chi connectivity index (χ2v) is 4.95. The van der Waals surface area contributed by atoms with Crippen molar-refractivity contribution in [2.24, 2.45) is 0 Å². The lowest BCUT2D eigenvalue weighted by molar-refractivity contribution is 0.0952. The Morgan fingerprint density at radius 1 is 1.38 bits per heavy atom. The lowest BCUT2D eigenvalue weighted by Crippen LogP contribution is -2.29. The highest BCUT2D eigenvalue weighted by molar-refractivity contribution is 5.97. The molecule has 5 nitrogen and oxygen atoms in total. The zero-order valence-electron chi connectivity index (χ0n) is 12.4. The van der Waals surface area contributed by atoms with Gasteiger partial charge >= 0.3 is 0 Å². The van der Waals surface area contributed by atoms with Crippen LogP contribution in [0.3, 0.4) is 0 Å². The van der Waals surface area contributed by atoms with E-state index in [1.54, 1.807) is 13.2 Å². The number of benzene rings is 1. The molecule has 0 aliphatic rings. The zero-order chi connectivity index (χ0) is 15.2. The van der Waals surface area contributed by atoms with Gasteiger partial charge in [0.2, 0.25) is 5.43 Å². The lowest BCUT2D eigenvalue weighted by atomic mass is 10.1. The fourth-order valence-corrected chi connectivity index (χ4v) is 2.16. The summed E-state index contributed by atoms with van der Waals surface area (Å²) in [5, 5.41) is 3.27. The molecule has 2 N–H and O–H groups in total. The third-order valence-corrected chi connectivity index (χ3v) is 3.32. The zero-order valence-corrected chi connectivity index (χ0v) is 12.4. The quantitative estimate of drug-likeness (QED) is 0.801. The number of amides is 1. The van der Waals surface area contributed by atoms with E-state index >= 15 is 0 Å². The molecule has 0 aliphatic heterocycles. The van der Waals surface area contributed by atoms with Crippen LogP contribution >= 0.6 is 0 Å². The second-order valence-electron chi connectivity index (χ2n) is 4.95. The topological polar surface area (TPSA) is 71.2 Å². The summed E-state index contributed by atoms with van der Waals surface area (Å²) < 4.78 is 5.07. The summed E-state index contributed by atoms with van der Waals surface area (Å²) in [7, 11) is 1.60. The molecule has 1 aromatic heterocycles. The van der Waals surface area contributed by atoms with E-state index in [9.17, 15) is 9.59 Å². The van der Waals surface area contributed by atoms with Gasteiger partial charge in [-0.05, 0) is 24.1 Å². The Balaban J connectivity index is 2.35. The van der Waals surface area contributed by atoms with Gasteiger partial charge in [-0.25, -0.2) is 0 Å². The predicted molar refractivity (Wildman–Crippen MR) is 82.5 cm³/mol. The standard InChI is InChI=1S/C16H20N2O3/c1-3-4-7-17-16(20)13-9-18-14-6-5-11(10-21-2)8-12(14)15(13)19/h5-6,8-9H,3-4,7,10H2,1-2H3,(H,17,20)(H,18,19). The Bertz CT molecular complexity index is 691. The van der Waals surface area contributed by atoms with Gasteiger partial charge in [-0.3, -0.25) is 9.59 Å². The van der Waals surface area contributed by atoms with Crippen LogP contribution in [0, 0.1) is 0 Å².